The number of carbonyl (C=O) groups is 1. The van der Waals surface area contributed by atoms with Gasteiger partial charge in [-0.25, -0.2) is 4.39 Å². The van der Waals surface area contributed by atoms with Gasteiger partial charge < -0.3 is 14.8 Å². The van der Waals surface area contributed by atoms with E-state index in [9.17, 15) is 9.18 Å². The molecule has 0 saturated carbocycles. The van der Waals surface area contributed by atoms with Gasteiger partial charge in [-0.05, 0) is 41.8 Å². The third-order valence-corrected chi connectivity index (χ3v) is 4.59. The Morgan fingerprint density at radius 2 is 1.83 bits per heavy atom. The molecule has 0 atom stereocenters. The largest absolute Gasteiger partial charge is 0.454 e. The van der Waals surface area contributed by atoms with Gasteiger partial charge in [0.15, 0.2) is 11.5 Å². The van der Waals surface area contributed by atoms with Crippen molar-refractivity contribution in [1.29, 1.82) is 0 Å². The Bertz CT molecular complexity index is 706. The Labute approximate surface area is 144 Å². The molecule has 0 unspecified atom stereocenters. The first kappa shape index (κ1) is 16.6. The summed E-state index contributed by atoms with van der Waals surface area (Å²) < 4.78 is 23.4. The first-order valence-corrected chi connectivity index (χ1v) is 8.83. The second kappa shape index (κ2) is 8.06. The Morgan fingerprint density at radius 3 is 2.67 bits per heavy atom. The Morgan fingerprint density at radius 1 is 1.08 bits per heavy atom. The fourth-order valence-electron chi connectivity index (χ4n) is 2.34. The predicted molar refractivity (Wildman–Crippen MR) is 91.8 cm³/mol. The summed E-state index contributed by atoms with van der Waals surface area (Å²) in [5, 5.41) is 2.90. The van der Waals surface area contributed by atoms with Crippen molar-refractivity contribution in [1.82, 2.24) is 5.32 Å². The van der Waals surface area contributed by atoms with Gasteiger partial charge in [-0.2, -0.15) is 0 Å². The van der Waals surface area contributed by atoms with Gasteiger partial charge in [0.25, 0.3) is 0 Å². The normalized spacial score (nSPS) is 12.2. The van der Waals surface area contributed by atoms with Crippen LogP contribution >= 0.6 is 11.8 Å². The molecule has 126 valence electrons. The molecule has 1 amide bonds. The van der Waals surface area contributed by atoms with Gasteiger partial charge in [0, 0.05) is 12.3 Å². The van der Waals surface area contributed by atoms with E-state index in [1.807, 2.05) is 18.2 Å². The lowest BCUT2D eigenvalue weighted by Crippen LogP contribution is -2.27. The Hall–Kier alpha value is -2.21. The lowest BCUT2D eigenvalue weighted by atomic mass is 10.1. The lowest BCUT2D eigenvalue weighted by Gasteiger charge is -2.06. The second-order valence-corrected chi connectivity index (χ2v) is 6.39. The minimum atomic E-state index is -0.245. The van der Waals surface area contributed by atoms with Crippen molar-refractivity contribution in [2.75, 3.05) is 19.1 Å². The van der Waals surface area contributed by atoms with E-state index in [0.29, 0.717) is 18.1 Å². The van der Waals surface area contributed by atoms with Crippen LogP contribution in [0.15, 0.2) is 42.5 Å². The highest BCUT2D eigenvalue weighted by molar-refractivity contribution is 7.99. The van der Waals surface area contributed by atoms with Crippen LogP contribution in [0.25, 0.3) is 0 Å². The molecule has 1 aliphatic heterocycles. The zero-order valence-corrected chi connectivity index (χ0v) is 13.9. The van der Waals surface area contributed by atoms with Crippen molar-refractivity contribution < 1.29 is 18.7 Å². The zero-order chi connectivity index (χ0) is 16.8. The molecule has 1 aliphatic rings. The fraction of sp³-hybridized carbons (Fsp3) is 0.278. The lowest BCUT2D eigenvalue weighted by molar-refractivity contribution is -0.118. The number of nitrogens with one attached hydrogen (secondary N) is 1. The SMILES string of the molecule is O=C(CSCc1ccc(F)cc1)NCCc1ccc2c(c1)OCO2. The highest BCUT2D eigenvalue weighted by Gasteiger charge is 2.13. The van der Waals surface area contributed by atoms with Crippen LogP contribution in [0.1, 0.15) is 11.1 Å². The number of halogens is 1. The van der Waals surface area contributed by atoms with Crippen LogP contribution in [0.3, 0.4) is 0 Å². The molecule has 1 N–H and O–H groups in total. The monoisotopic (exact) mass is 347 g/mol. The predicted octanol–water partition coefficient (Wildman–Crippen LogP) is 3.15. The number of fused-ring (bicyclic) bond motifs is 1. The number of rotatable bonds is 7. The fourth-order valence-corrected chi connectivity index (χ4v) is 3.15. The van der Waals surface area contributed by atoms with Crippen molar-refractivity contribution in [3.8, 4) is 11.5 Å². The number of benzene rings is 2. The Kier molecular flexibility index (Phi) is 5.59. The number of hydrogen-bond acceptors (Lipinski definition) is 4. The summed E-state index contributed by atoms with van der Waals surface area (Å²) in [5.41, 5.74) is 2.10. The van der Waals surface area contributed by atoms with Crippen molar-refractivity contribution in [3.63, 3.8) is 0 Å². The minimum absolute atomic E-state index is 0.00264. The summed E-state index contributed by atoms with van der Waals surface area (Å²) in [6.07, 6.45) is 0.741. The average Bonchev–Trinajstić information content (AvgIpc) is 3.04. The first-order valence-electron chi connectivity index (χ1n) is 7.68. The molecule has 2 aromatic rings. The van der Waals surface area contributed by atoms with Crippen molar-refractivity contribution in [2.45, 2.75) is 12.2 Å². The van der Waals surface area contributed by atoms with Crippen LogP contribution in [0, 0.1) is 5.82 Å². The molecule has 4 nitrogen and oxygen atoms in total. The van der Waals surface area contributed by atoms with Gasteiger partial charge in [-0.15, -0.1) is 11.8 Å². The van der Waals surface area contributed by atoms with Gasteiger partial charge in [0.05, 0.1) is 5.75 Å². The smallest absolute Gasteiger partial charge is 0.231 e. The topological polar surface area (TPSA) is 47.6 Å². The molecule has 6 heteroatoms. The maximum Gasteiger partial charge on any atom is 0.231 e. The third kappa shape index (κ3) is 4.64. The van der Waals surface area contributed by atoms with Gasteiger partial charge in [0.2, 0.25) is 12.7 Å². The maximum absolute atomic E-state index is 12.8. The van der Waals surface area contributed by atoms with E-state index in [2.05, 4.69) is 5.32 Å². The molecule has 0 spiro atoms. The van der Waals surface area contributed by atoms with E-state index >= 15 is 0 Å². The van der Waals surface area contributed by atoms with E-state index in [-0.39, 0.29) is 18.5 Å². The van der Waals surface area contributed by atoms with E-state index < -0.39 is 0 Å². The van der Waals surface area contributed by atoms with E-state index in [1.165, 1.54) is 23.9 Å². The van der Waals surface area contributed by atoms with E-state index in [4.69, 9.17) is 9.47 Å². The van der Waals surface area contributed by atoms with Crippen LogP contribution in [0.2, 0.25) is 0 Å². The number of hydrogen-bond donors (Lipinski definition) is 1. The van der Waals surface area contributed by atoms with Gasteiger partial charge in [-0.3, -0.25) is 4.79 Å². The molecule has 3 rings (SSSR count). The van der Waals surface area contributed by atoms with Gasteiger partial charge in [0.1, 0.15) is 5.82 Å². The van der Waals surface area contributed by atoms with E-state index in [0.717, 1.165) is 29.0 Å². The summed E-state index contributed by atoms with van der Waals surface area (Å²) in [7, 11) is 0. The quantitative estimate of drug-likeness (QED) is 0.836. The molecule has 0 radical (unpaired) electrons. The average molecular weight is 347 g/mol. The van der Waals surface area contributed by atoms with Crippen LogP contribution in [-0.2, 0) is 17.0 Å². The van der Waals surface area contributed by atoms with Gasteiger partial charge in [-0.1, -0.05) is 18.2 Å². The van der Waals surface area contributed by atoms with Crippen LogP contribution in [0.4, 0.5) is 4.39 Å². The summed E-state index contributed by atoms with van der Waals surface area (Å²) in [6.45, 7) is 0.844. The standard InChI is InChI=1S/C18H18FNO3S/c19-15-4-1-14(2-5-15)10-24-11-18(21)20-8-7-13-3-6-16-17(9-13)23-12-22-16/h1-6,9H,7-8,10-12H2,(H,20,21). The summed E-state index contributed by atoms with van der Waals surface area (Å²) in [6, 6.07) is 12.1. The second-order valence-electron chi connectivity index (χ2n) is 5.41. The first-order chi connectivity index (χ1) is 11.7. The molecule has 0 bridgehead atoms. The van der Waals surface area contributed by atoms with Crippen molar-refractivity contribution in [3.05, 3.63) is 59.4 Å². The summed E-state index contributed by atoms with van der Waals surface area (Å²) in [4.78, 5) is 11.8. The maximum atomic E-state index is 12.8. The van der Waals surface area contributed by atoms with Crippen molar-refractivity contribution >= 4 is 17.7 Å². The van der Waals surface area contributed by atoms with Crippen molar-refractivity contribution in [2.24, 2.45) is 0 Å². The van der Waals surface area contributed by atoms with Gasteiger partial charge >= 0.3 is 0 Å². The molecule has 0 aromatic heterocycles. The molecule has 24 heavy (non-hydrogen) atoms. The number of carbonyl (C=O) groups excluding carboxylic acids is 1. The molecule has 2 aromatic carbocycles. The molecular weight excluding hydrogens is 329 g/mol. The third-order valence-electron chi connectivity index (χ3n) is 3.59. The van der Waals surface area contributed by atoms with Crippen LogP contribution < -0.4 is 14.8 Å². The zero-order valence-electron chi connectivity index (χ0n) is 13.1. The molecule has 1 heterocycles. The van der Waals surface area contributed by atoms with E-state index in [1.54, 1.807) is 12.1 Å². The summed E-state index contributed by atoms with van der Waals surface area (Å²) >= 11 is 1.51. The highest BCUT2D eigenvalue weighted by atomic mass is 32.2. The minimum Gasteiger partial charge on any atom is -0.454 e. The van der Waals surface area contributed by atoms with Crippen LogP contribution in [-0.4, -0.2) is 25.0 Å². The van der Waals surface area contributed by atoms with Crippen LogP contribution in [0.5, 0.6) is 11.5 Å². The number of ether oxygens (including phenoxy) is 2. The highest BCUT2D eigenvalue weighted by Crippen LogP contribution is 2.32. The number of amides is 1. The molecule has 0 fully saturated rings. The molecule has 0 aliphatic carbocycles. The number of thioether (sulfide) groups is 1. The Balaban J connectivity index is 1.34. The molecular formula is C18H18FNO3S. The summed E-state index contributed by atoms with van der Waals surface area (Å²) in [5.74, 6) is 2.36. The molecule has 0 saturated heterocycles.